The van der Waals surface area contributed by atoms with Gasteiger partial charge in [-0.2, -0.15) is 0 Å². The van der Waals surface area contributed by atoms with Crippen molar-refractivity contribution in [3.63, 3.8) is 0 Å². The number of pyridine rings is 1. The van der Waals surface area contributed by atoms with E-state index in [1.165, 1.54) is 25.3 Å². The Labute approximate surface area is 125 Å². The molecule has 0 bridgehead atoms. The Bertz CT molecular complexity index is 794. The van der Waals surface area contributed by atoms with Crippen molar-refractivity contribution in [2.24, 2.45) is 0 Å². The molecule has 0 aliphatic carbocycles. The van der Waals surface area contributed by atoms with Crippen molar-refractivity contribution in [3.8, 4) is 5.75 Å². The van der Waals surface area contributed by atoms with Crippen LogP contribution >= 0.6 is 16.3 Å². The van der Waals surface area contributed by atoms with Crippen molar-refractivity contribution in [2.75, 3.05) is 0 Å². The molecule has 2 rings (SSSR count). The van der Waals surface area contributed by atoms with Crippen LogP contribution in [0.15, 0.2) is 46.2 Å². The second-order valence-electron chi connectivity index (χ2n) is 4.29. The molecule has 2 aromatic rings. The van der Waals surface area contributed by atoms with E-state index in [-0.39, 0.29) is 16.3 Å². The van der Waals surface area contributed by atoms with Gasteiger partial charge < -0.3 is 3.83 Å². The summed E-state index contributed by atoms with van der Waals surface area (Å²) in [6.07, 6.45) is 1.22. The van der Waals surface area contributed by atoms with Crippen LogP contribution in [0.1, 0.15) is 11.3 Å². The first-order chi connectivity index (χ1) is 9.37. The normalized spacial score (nSPS) is 11.3. The predicted molar refractivity (Wildman–Crippen MR) is 78.8 cm³/mol. The quantitative estimate of drug-likeness (QED) is 0.845. The van der Waals surface area contributed by atoms with Crippen LogP contribution in [0.3, 0.4) is 0 Å². The van der Waals surface area contributed by atoms with Gasteiger partial charge in [0.15, 0.2) is 16.3 Å². The molecule has 0 aliphatic rings. The zero-order valence-corrected chi connectivity index (χ0v) is 13.2. The van der Waals surface area contributed by atoms with Crippen LogP contribution < -0.4 is 9.26 Å². The minimum atomic E-state index is -3.76. The highest BCUT2D eigenvalue weighted by molar-refractivity contribution is 9.06. The second-order valence-corrected chi connectivity index (χ2v) is 6.42. The first-order valence-electron chi connectivity index (χ1n) is 5.71. The van der Waals surface area contributed by atoms with Crippen molar-refractivity contribution in [1.29, 1.82) is 0 Å². The van der Waals surface area contributed by atoms with Gasteiger partial charge in [0.1, 0.15) is 0 Å². The maximum absolute atomic E-state index is 12.5. The molecule has 0 amide bonds. The Balaban J connectivity index is 2.67. The van der Waals surface area contributed by atoms with Crippen molar-refractivity contribution in [3.05, 3.63) is 58.0 Å². The highest BCUT2D eigenvalue weighted by Crippen LogP contribution is 2.20. The number of rotatable bonds is 3. The molecular formula is C13H12BrNO4S. The van der Waals surface area contributed by atoms with Crippen LogP contribution in [-0.2, 0) is 10.0 Å². The lowest BCUT2D eigenvalue weighted by atomic mass is 10.2. The molecule has 1 heterocycles. The Morgan fingerprint density at radius 1 is 1.10 bits per heavy atom. The average molecular weight is 358 g/mol. The molecular weight excluding hydrogens is 346 g/mol. The minimum absolute atomic E-state index is 0.0526. The van der Waals surface area contributed by atoms with Crippen LogP contribution in [0.25, 0.3) is 0 Å². The fraction of sp³-hybridized carbons (Fsp3) is 0.154. The number of aryl methyl sites for hydroxylation is 1. The number of aromatic nitrogens is 1. The Hall–Kier alpha value is -1.60. The van der Waals surface area contributed by atoms with Gasteiger partial charge in [0, 0.05) is 12.3 Å². The van der Waals surface area contributed by atoms with Crippen LogP contribution in [-0.4, -0.2) is 12.4 Å². The van der Waals surface area contributed by atoms with Gasteiger partial charge in [-0.25, -0.2) is 12.4 Å². The van der Waals surface area contributed by atoms with Crippen molar-refractivity contribution >= 4 is 26.3 Å². The maximum Gasteiger partial charge on any atom is 0.267 e. The fourth-order valence-electron chi connectivity index (χ4n) is 1.78. The smallest absolute Gasteiger partial charge is 0.267 e. The van der Waals surface area contributed by atoms with Crippen LogP contribution in [0.4, 0.5) is 0 Å². The van der Waals surface area contributed by atoms with Crippen LogP contribution in [0.2, 0.25) is 0 Å². The molecule has 0 saturated heterocycles. The molecule has 0 aliphatic heterocycles. The third-order valence-corrected chi connectivity index (χ3v) is 5.00. The summed E-state index contributed by atoms with van der Waals surface area (Å²) in [5, 5.41) is 0. The number of halogens is 1. The summed E-state index contributed by atoms with van der Waals surface area (Å²) in [6.45, 7) is 3.38. The molecule has 0 atom stereocenters. The fourth-order valence-corrected chi connectivity index (χ4v) is 3.54. The van der Waals surface area contributed by atoms with Gasteiger partial charge >= 0.3 is 0 Å². The van der Waals surface area contributed by atoms with Crippen LogP contribution in [0, 0.1) is 13.8 Å². The predicted octanol–water partition coefficient (Wildman–Crippen LogP) is 2.39. The van der Waals surface area contributed by atoms with Gasteiger partial charge in [0.25, 0.3) is 10.0 Å². The number of nitrogens with zero attached hydrogens (tertiary/aromatic N) is 1. The first-order valence-corrected chi connectivity index (χ1v) is 7.80. The monoisotopic (exact) mass is 357 g/mol. The van der Waals surface area contributed by atoms with Gasteiger partial charge in [0.2, 0.25) is 11.2 Å². The summed E-state index contributed by atoms with van der Waals surface area (Å²) >= 11 is 2.72. The summed E-state index contributed by atoms with van der Waals surface area (Å²) in [4.78, 5) is 11.7. The van der Waals surface area contributed by atoms with E-state index in [0.717, 1.165) is 15.6 Å². The molecule has 0 radical (unpaired) electrons. The van der Waals surface area contributed by atoms with E-state index in [0.29, 0.717) is 0 Å². The molecule has 1 aromatic heterocycles. The number of benzene rings is 1. The lowest BCUT2D eigenvalue weighted by Crippen LogP contribution is -2.19. The van der Waals surface area contributed by atoms with Gasteiger partial charge in [-0.15, -0.1) is 0 Å². The topological polar surface area (TPSA) is 65.4 Å². The van der Waals surface area contributed by atoms with E-state index < -0.39 is 15.5 Å². The van der Waals surface area contributed by atoms with E-state index in [1.54, 1.807) is 12.1 Å². The third kappa shape index (κ3) is 2.51. The Kier molecular flexibility index (Phi) is 4.01. The van der Waals surface area contributed by atoms with E-state index >= 15 is 0 Å². The summed E-state index contributed by atoms with van der Waals surface area (Å²) in [5.41, 5.74) is 0.773. The lowest BCUT2D eigenvalue weighted by Gasteiger charge is -2.13. The van der Waals surface area contributed by atoms with Crippen molar-refractivity contribution < 1.29 is 12.2 Å². The van der Waals surface area contributed by atoms with Gasteiger partial charge in [-0.3, -0.25) is 4.79 Å². The summed E-state index contributed by atoms with van der Waals surface area (Å²) in [6, 6.07) is 7.63. The van der Waals surface area contributed by atoms with Crippen LogP contribution in [0.5, 0.6) is 5.75 Å². The molecule has 20 heavy (non-hydrogen) atoms. The Morgan fingerprint density at radius 3 is 2.25 bits per heavy atom. The minimum Gasteiger partial charge on any atom is -0.412 e. The van der Waals surface area contributed by atoms with E-state index in [4.69, 9.17) is 3.83 Å². The molecule has 0 unspecified atom stereocenters. The molecule has 0 spiro atoms. The summed E-state index contributed by atoms with van der Waals surface area (Å²) in [7, 11) is -3.76. The van der Waals surface area contributed by atoms with E-state index in [1.807, 2.05) is 6.92 Å². The van der Waals surface area contributed by atoms with Crippen molar-refractivity contribution in [2.45, 2.75) is 18.7 Å². The molecule has 0 fully saturated rings. The third-order valence-electron chi connectivity index (χ3n) is 2.90. The molecule has 5 nitrogen and oxygen atoms in total. The van der Waals surface area contributed by atoms with Gasteiger partial charge in [-0.1, -0.05) is 17.7 Å². The highest BCUT2D eigenvalue weighted by atomic mass is 79.9. The molecule has 106 valence electrons. The van der Waals surface area contributed by atoms with E-state index in [2.05, 4.69) is 16.3 Å². The van der Waals surface area contributed by atoms with Crippen molar-refractivity contribution in [1.82, 2.24) is 3.97 Å². The molecule has 0 saturated carbocycles. The summed E-state index contributed by atoms with van der Waals surface area (Å²) < 4.78 is 30.9. The van der Waals surface area contributed by atoms with E-state index in [9.17, 15) is 13.2 Å². The molecule has 1 aromatic carbocycles. The van der Waals surface area contributed by atoms with Gasteiger partial charge in [-0.05, 0) is 26.0 Å². The number of hydrogen-bond donors (Lipinski definition) is 0. The second kappa shape index (κ2) is 5.41. The first kappa shape index (κ1) is 14.8. The summed E-state index contributed by atoms with van der Waals surface area (Å²) in [5.74, 6) is -0.0526. The lowest BCUT2D eigenvalue weighted by molar-refractivity contribution is 0.581. The average Bonchev–Trinajstić information content (AvgIpc) is 2.39. The molecule has 7 heteroatoms. The highest BCUT2D eigenvalue weighted by Gasteiger charge is 2.20. The Morgan fingerprint density at radius 2 is 1.70 bits per heavy atom. The SMILES string of the molecule is Cc1ccc(S(=O)(=O)n2ccc(=O)c(OBr)c2C)cc1. The molecule has 0 N–H and O–H groups in total. The van der Waals surface area contributed by atoms with Gasteiger partial charge in [0.05, 0.1) is 10.6 Å². The number of hydrogen-bond acceptors (Lipinski definition) is 4. The largest absolute Gasteiger partial charge is 0.412 e. The zero-order chi connectivity index (χ0) is 14.9. The zero-order valence-electron chi connectivity index (χ0n) is 10.8. The standard InChI is InChI=1S/C13H12BrNO4S/c1-9-3-5-11(6-4-9)20(17,18)15-8-7-12(16)13(19-14)10(15)2/h3-8H,1-2H3. The maximum atomic E-state index is 12.5.